The lowest BCUT2D eigenvalue weighted by Crippen LogP contribution is -2.48. The second-order valence-corrected chi connectivity index (χ2v) is 6.45. The zero-order valence-electron chi connectivity index (χ0n) is 11.4. The molecule has 4 unspecified atom stereocenters. The molecular formula is C15H27NO2. The Labute approximate surface area is 110 Å². The average Bonchev–Trinajstić information content (AvgIpc) is 3.02. The molecule has 2 saturated heterocycles. The molecule has 104 valence electrons. The van der Waals surface area contributed by atoms with Crippen molar-refractivity contribution in [2.75, 3.05) is 26.3 Å². The Hall–Kier alpha value is -0.120. The summed E-state index contributed by atoms with van der Waals surface area (Å²) in [6.45, 7) is 4.35. The molecule has 0 radical (unpaired) electrons. The molecule has 3 nitrogen and oxygen atoms in total. The lowest BCUT2D eigenvalue weighted by molar-refractivity contribution is 0.0263. The van der Waals surface area contributed by atoms with Crippen LogP contribution in [0.2, 0.25) is 0 Å². The third kappa shape index (κ3) is 2.73. The van der Waals surface area contributed by atoms with Gasteiger partial charge in [0.25, 0.3) is 0 Å². The van der Waals surface area contributed by atoms with Crippen molar-refractivity contribution in [3.8, 4) is 0 Å². The van der Waals surface area contributed by atoms with Gasteiger partial charge in [-0.25, -0.2) is 0 Å². The van der Waals surface area contributed by atoms with Crippen LogP contribution in [0, 0.1) is 11.8 Å². The lowest BCUT2D eigenvalue weighted by atomic mass is 9.87. The van der Waals surface area contributed by atoms with Crippen molar-refractivity contribution >= 4 is 0 Å². The molecule has 2 heterocycles. The zero-order chi connectivity index (χ0) is 12.4. The maximum atomic E-state index is 10.2. The molecule has 18 heavy (non-hydrogen) atoms. The summed E-state index contributed by atoms with van der Waals surface area (Å²) in [7, 11) is 0. The largest absolute Gasteiger partial charge is 0.393 e. The van der Waals surface area contributed by atoms with E-state index in [2.05, 4.69) is 4.90 Å². The summed E-state index contributed by atoms with van der Waals surface area (Å²) in [4.78, 5) is 2.68. The standard InChI is InChI=1S/C15H27NO2/c17-15-6-3-4-13(15)14-5-1-2-8-16(14)10-12-7-9-18-11-12/h12-15,17H,1-11H2. The molecule has 0 spiro atoms. The fourth-order valence-corrected chi connectivity index (χ4v) is 4.21. The van der Waals surface area contributed by atoms with Gasteiger partial charge >= 0.3 is 0 Å². The number of likely N-dealkylation sites (tertiary alicyclic amines) is 1. The Bertz CT molecular complexity index is 265. The Morgan fingerprint density at radius 3 is 2.72 bits per heavy atom. The van der Waals surface area contributed by atoms with Crippen LogP contribution < -0.4 is 0 Å². The molecule has 1 N–H and O–H groups in total. The normalized spacial score (nSPS) is 42.5. The minimum atomic E-state index is -0.0320. The summed E-state index contributed by atoms with van der Waals surface area (Å²) >= 11 is 0. The average molecular weight is 253 g/mol. The van der Waals surface area contributed by atoms with E-state index in [0.29, 0.717) is 12.0 Å². The zero-order valence-corrected chi connectivity index (χ0v) is 11.4. The predicted molar refractivity (Wildman–Crippen MR) is 71.5 cm³/mol. The molecule has 3 heteroatoms. The van der Waals surface area contributed by atoms with Gasteiger partial charge in [-0.1, -0.05) is 12.8 Å². The molecule has 1 aliphatic carbocycles. The fourth-order valence-electron chi connectivity index (χ4n) is 4.21. The van der Waals surface area contributed by atoms with Gasteiger partial charge in [-0.15, -0.1) is 0 Å². The van der Waals surface area contributed by atoms with E-state index in [1.165, 1.54) is 51.6 Å². The van der Waals surface area contributed by atoms with Crippen molar-refractivity contribution in [3.63, 3.8) is 0 Å². The summed E-state index contributed by atoms with van der Waals surface area (Å²) in [6, 6.07) is 0.650. The second-order valence-electron chi connectivity index (χ2n) is 6.45. The fraction of sp³-hybridized carbons (Fsp3) is 1.00. The van der Waals surface area contributed by atoms with Crippen LogP contribution in [-0.4, -0.2) is 48.5 Å². The first-order valence-corrected chi connectivity index (χ1v) is 7.84. The van der Waals surface area contributed by atoms with Gasteiger partial charge in [0.15, 0.2) is 0 Å². The summed E-state index contributed by atoms with van der Waals surface area (Å²) in [6.07, 6.45) is 8.69. The van der Waals surface area contributed by atoms with Crippen molar-refractivity contribution < 1.29 is 9.84 Å². The summed E-state index contributed by atoms with van der Waals surface area (Å²) in [5.41, 5.74) is 0. The van der Waals surface area contributed by atoms with E-state index in [4.69, 9.17) is 4.74 Å². The van der Waals surface area contributed by atoms with Crippen molar-refractivity contribution in [2.45, 2.75) is 57.1 Å². The van der Waals surface area contributed by atoms with Crippen LogP contribution in [0.3, 0.4) is 0 Å². The SMILES string of the molecule is OC1CCCC1C1CCCCN1CC1CCOC1. The molecule has 0 amide bonds. The first-order valence-electron chi connectivity index (χ1n) is 7.84. The molecule has 1 saturated carbocycles. The van der Waals surface area contributed by atoms with E-state index in [-0.39, 0.29) is 6.10 Å². The Kier molecular flexibility index (Phi) is 4.22. The number of nitrogens with zero attached hydrogens (tertiary/aromatic N) is 1. The minimum Gasteiger partial charge on any atom is -0.393 e. The van der Waals surface area contributed by atoms with Gasteiger partial charge in [0.2, 0.25) is 0 Å². The number of rotatable bonds is 3. The molecule has 0 aromatic carbocycles. The van der Waals surface area contributed by atoms with Gasteiger partial charge in [0.1, 0.15) is 0 Å². The van der Waals surface area contributed by atoms with Gasteiger partial charge < -0.3 is 9.84 Å². The van der Waals surface area contributed by atoms with E-state index in [1.807, 2.05) is 0 Å². The molecule has 0 aromatic heterocycles. The molecule has 0 bridgehead atoms. The first kappa shape index (κ1) is 12.9. The van der Waals surface area contributed by atoms with Crippen LogP contribution in [0.15, 0.2) is 0 Å². The summed E-state index contributed by atoms with van der Waals surface area (Å²) in [5.74, 6) is 1.29. The highest BCUT2D eigenvalue weighted by molar-refractivity contribution is 4.91. The van der Waals surface area contributed by atoms with Gasteiger partial charge in [0.05, 0.1) is 12.7 Å². The smallest absolute Gasteiger partial charge is 0.0583 e. The van der Waals surface area contributed by atoms with Crippen molar-refractivity contribution in [2.24, 2.45) is 11.8 Å². The maximum absolute atomic E-state index is 10.2. The number of ether oxygens (including phenoxy) is 1. The second kappa shape index (κ2) is 5.89. The Morgan fingerprint density at radius 1 is 1.06 bits per heavy atom. The number of aliphatic hydroxyl groups excluding tert-OH is 1. The maximum Gasteiger partial charge on any atom is 0.0583 e. The van der Waals surface area contributed by atoms with Crippen LogP contribution in [0.1, 0.15) is 44.9 Å². The molecule has 2 aliphatic heterocycles. The molecule has 4 atom stereocenters. The monoisotopic (exact) mass is 253 g/mol. The highest BCUT2D eigenvalue weighted by Crippen LogP contribution is 2.35. The third-order valence-electron chi connectivity index (χ3n) is 5.21. The van der Waals surface area contributed by atoms with Crippen molar-refractivity contribution in [1.82, 2.24) is 4.90 Å². The topological polar surface area (TPSA) is 32.7 Å². The lowest BCUT2D eigenvalue weighted by Gasteiger charge is -2.41. The number of piperidine rings is 1. The van der Waals surface area contributed by atoms with Crippen molar-refractivity contribution in [3.05, 3.63) is 0 Å². The summed E-state index contributed by atoms with van der Waals surface area (Å²) < 4.78 is 5.50. The highest BCUT2D eigenvalue weighted by atomic mass is 16.5. The van der Waals surface area contributed by atoms with Crippen LogP contribution >= 0.6 is 0 Å². The van der Waals surface area contributed by atoms with Crippen LogP contribution in [0.25, 0.3) is 0 Å². The molecule has 3 fully saturated rings. The first-order chi connectivity index (χ1) is 8.84. The number of hydrogen-bond acceptors (Lipinski definition) is 3. The minimum absolute atomic E-state index is 0.0320. The third-order valence-corrected chi connectivity index (χ3v) is 5.21. The highest BCUT2D eigenvalue weighted by Gasteiger charge is 2.37. The van der Waals surface area contributed by atoms with Gasteiger partial charge in [-0.2, -0.15) is 0 Å². The molecule has 0 aromatic rings. The van der Waals surface area contributed by atoms with Gasteiger partial charge in [-0.3, -0.25) is 4.90 Å². The van der Waals surface area contributed by atoms with Crippen LogP contribution in [0.4, 0.5) is 0 Å². The predicted octanol–water partition coefficient (Wildman–Crippen LogP) is 2.04. The number of hydrogen-bond donors (Lipinski definition) is 1. The number of aliphatic hydroxyl groups is 1. The quantitative estimate of drug-likeness (QED) is 0.835. The molecule has 3 rings (SSSR count). The van der Waals surface area contributed by atoms with E-state index in [0.717, 1.165) is 25.6 Å². The summed E-state index contributed by atoms with van der Waals surface area (Å²) in [5, 5.41) is 10.2. The van der Waals surface area contributed by atoms with E-state index < -0.39 is 0 Å². The van der Waals surface area contributed by atoms with Gasteiger partial charge in [0, 0.05) is 25.1 Å². The molecular weight excluding hydrogens is 226 g/mol. The molecule has 3 aliphatic rings. The van der Waals surface area contributed by atoms with Crippen molar-refractivity contribution in [1.29, 1.82) is 0 Å². The van der Waals surface area contributed by atoms with E-state index >= 15 is 0 Å². The Morgan fingerprint density at radius 2 is 2.00 bits per heavy atom. The van der Waals surface area contributed by atoms with Crippen LogP contribution in [0.5, 0.6) is 0 Å². The Balaban J connectivity index is 1.61. The van der Waals surface area contributed by atoms with Crippen LogP contribution in [-0.2, 0) is 4.74 Å². The van der Waals surface area contributed by atoms with Gasteiger partial charge in [-0.05, 0) is 44.6 Å². The van der Waals surface area contributed by atoms with E-state index in [9.17, 15) is 5.11 Å². The van der Waals surface area contributed by atoms with E-state index in [1.54, 1.807) is 0 Å².